The highest BCUT2D eigenvalue weighted by Crippen LogP contribution is 2.35. The molecule has 0 aromatic heterocycles. The van der Waals surface area contributed by atoms with Gasteiger partial charge in [-0.1, -0.05) is 154 Å². The maximum absolute atomic E-state index is 12.2. The van der Waals surface area contributed by atoms with Crippen molar-refractivity contribution >= 4 is 19.8 Å². The van der Waals surface area contributed by atoms with Crippen molar-refractivity contribution in [2.45, 2.75) is 168 Å². The summed E-state index contributed by atoms with van der Waals surface area (Å²) >= 11 is 0. The minimum absolute atomic E-state index is 0.250. The number of hydrogen-bond donors (Lipinski definition) is 2. The Morgan fingerprint density at radius 1 is 0.651 bits per heavy atom. The molecular formula is C34H63O8P. The Morgan fingerprint density at radius 3 is 1.60 bits per heavy atom. The van der Waals surface area contributed by atoms with Gasteiger partial charge in [0, 0.05) is 12.5 Å². The topological polar surface area (TPSA) is 119 Å². The first-order valence-electron chi connectivity index (χ1n) is 17.2. The fourth-order valence-corrected chi connectivity index (χ4v) is 5.11. The molecule has 0 radical (unpaired) electrons. The van der Waals surface area contributed by atoms with Crippen LogP contribution in [0.15, 0.2) is 24.3 Å². The fraction of sp³-hybridized carbons (Fsp3) is 0.824. The van der Waals surface area contributed by atoms with Crippen LogP contribution in [0.3, 0.4) is 0 Å². The van der Waals surface area contributed by atoms with Gasteiger partial charge in [-0.15, -0.1) is 0 Å². The number of carbonyl (C=O) groups excluding carboxylic acids is 2. The monoisotopic (exact) mass is 630 g/mol. The zero-order valence-electron chi connectivity index (χ0n) is 27.4. The average molecular weight is 631 g/mol. The molecule has 2 N–H and O–H groups in total. The molecule has 0 heterocycles. The van der Waals surface area contributed by atoms with Crippen LogP contribution in [-0.2, 0) is 28.2 Å². The molecule has 43 heavy (non-hydrogen) atoms. The molecule has 252 valence electrons. The first-order chi connectivity index (χ1) is 20.8. The van der Waals surface area contributed by atoms with E-state index in [9.17, 15) is 14.2 Å². The van der Waals surface area contributed by atoms with E-state index in [2.05, 4.69) is 18.4 Å². The van der Waals surface area contributed by atoms with Gasteiger partial charge in [0.25, 0.3) is 0 Å². The molecule has 0 unspecified atom stereocenters. The van der Waals surface area contributed by atoms with Gasteiger partial charge < -0.3 is 19.3 Å². The van der Waals surface area contributed by atoms with Crippen LogP contribution in [0.2, 0.25) is 0 Å². The standard InChI is InChI=1S/C34H63O8P/c1-3-5-7-9-11-13-15-16-17-18-19-21-23-25-27-29-34(36)42-32(31-41-43(37,38)39)30-40-33(35)28-26-24-22-20-14-12-10-8-6-4-2/h23,25,27,29,32H,3-22,24,26,28,30-31H2,1-2H3,(H2,37,38,39)/b25-23+,29-27+/t32-/m1/s1. The Bertz CT molecular complexity index is 761. The van der Waals surface area contributed by atoms with Gasteiger partial charge in [-0.25, -0.2) is 9.36 Å². The Kier molecular flexibility index (Phi) is 29.5. The quantitative estimate of drug-likeness (QED) is 0.0255. The lowest BCUT2D eigenvalue weighted by Gasteiger charge is -2.17. The minimum atomic E-state index is -4.76. The van der Waals surface area contributed by atoms with E-state index in [1.54, 1.807) is 12.2 Å². The SMILES string of the molecule is CCCCCCCCCCCCC/C=C/C=C/C(=O)O[C@H](COC(=O)CCCCCCCCCCCC)COP(=O)(O)O. The summed E-state index contributed by atoms with van der Waals surface area (Å²) in [6.45, 7) is 3.55. The second kappa shape index (κ2) is 30.6. The van der Waals surface area contributed by atoms with Crippen LogP contribution in [0.4, 0.5) is 0 Å². The molecule has 0 saturated carbocycles. The van der Waals surface area contributed by atoms with Gasteiger partial charge in [0.2, 0.25) is 0 Å². The third-order valence-electron chi connectivity index (χ3n) is 7.33. The number of phosphoric ester groups is 1. The number of ether oxygens (including phenoxy) is 2. The highest BCUT2D eigenvalue weighted by atomic mass is 31.2. The zero-order valence-corrected chi connectivity index (χ0v) is 28.2. The number of esters is 2. The van der Waals surface area contributed by atoms with E-state index in [-0.39, 0.29) is 13.0 Å². The number of phosphoric acid groups is 1. The van der Waals surface area contributed by atoms with E-state index in [4.69, 9.17) is 19.3 Å². The average Bonchev–Trinajstić information content (AvgIpc) is 2.97. The van der Waals surface area contributed by atoms with E-state index < -0.39 is 32.5 Å². The lowest BCUT2D eigenvalue weighted by molar-refractivity contribution is -0.157. The van der Waals surface area contributed by atoms with Crippen LogP contribution in [0.5, 0.6) is 0 Å². The smallest absolute Gasteiger partial charge is 0.462 e. The number of carbonyl (C=O) groups is 2. The second-order valence-corrected chi connectivity index (χ2v) is 12.8. The number of rotatable bonds is 31. The molecule has 0 rings (SSSR count). The molecule has 8 nitrogen and oxygen atoms in total. The van der Waals surface area contributed by atoms with Gasteiger partial charge >= 0.3 is 19.8 Å². The Labute approximate surface area is 262 Å². The van der Waals surface area contributed by atoms with Gasteiger partial charge in [0.1, 0.15) is 6.61 Å². The largest absolute Gasteiger partial charge is 0.469 e. The molecule has 9 heteroatoms. The lowest BCUT2D eigenvalue weighted by atomic mass is 10.1. The molecular weight excluding hydrogens is 567 g/mol. The van der Waals surface area contributed by atoms with Crippen LogP contribution in [0.1, 0.15) is 162 Å². The highest BCUT2D eigenvalue weighted by Gasteiger charge is 2.22. The first-order valence-corrected chi connectivity index (χ1v) is 18.7. The van der Waals surface area contributed by atoms with Crippen molar-refractivity contribution in [1.82, 2.24) is 0 Å². The van der Waals surface area contributed by atoms with Crippen LogP contribution in [0, 0.1) is 0 Å². The molecule has 0 bridgehead atoms. The summed E-state index contributed by atoms with van der Waals surface area (Å²) < 4.78 is 26.0. The first kappa shape index (κ1) is 41.5. The fourth-order valence-electron chi connectivity index (χ4n) is 4.75. The molecule has 0 amide bonds. The maximum atomic E-state index is 12.2. The van der Waals surface area contributed by atoms with Crippen molar-refractivity contribution in [2.75, 3.05) is 13.2 Å². The third kappa shape index (κ3) is 33.3. The van der Waals surface area contributed by atoms with Gasteiger partial charge in [-0.2, -0.15) is 0 Å². The van der Waals surface area contributed by atoms with Gasteiger partial charge in [0.15, 0.2) is 6.10 Å². The molecule has 0 aromatic rings. The van der Waals surface area contributed by atoms with Gasteiger partial charge in [-0.05, 0) is 19.3 Å². The van der Waals surface area contributed by atoms with E-state index >= 15 is 0 Å². The molecule has 0 aromatic carbocycles. The summed E-state index contributed by atoms with van der Waals surface area (Å²) in [5, 5.41) is 0. The predicted octanol–water partition coefficient (Wildman–Crippen LogP) is 9.68. The molecule has 0 aliphatic rings. The summed E-state index contributed by atoms with van der Waals surface area (Å²) in [6, 6.07) is 0. The molecule has 0 spiro atoms. The van der Waals surface area contributed by atoms with Gasteiger partial charge in [-0.3, -0.25) is 9.32 Å². The summed E-state index contributed by atoms with van der Waals surface area (Å²) in [5.41, 5.74) is 0. The van der Waals surface area contributed by atoms with E-state index in [1.807, 2.05) is 6.08 Å². The summed E-state index contributed by atoms with van der Waals surface area (Å²) in [5.74, 6) is -1.14. The molecule has 0 fully saturated rings. The number of unbranched alkanes of at least 4 members (excludes halogenated alkanes) is 20. The Balaban J connectivity index is 4.12. The van der Waals surface area contributed by atoms with Crippen molar-refractivity contribution in [3.05, 3.63) is 24.3 Å². The Morgan fingerprint density at radius 2 is 1.12 bits per heavy atom. The molecule has 1 atom stereocenters. The number of hydrogen-bond acceptors (Lipinski definition) is 6. The molecule has 0 aliphatic carbocycles. The van der Waals surface area contributed by atoms with Crippen molar-refractivity contribution in [1.29, 1.82) is 0 Å². The zero-order chi connectivity index (χ0) is 31.9. The van der Waals surface area contributed by atoms with Crippen molar-refractivity contribution in [3.8, 4) is 0 Å². The minimum Gasteiger partial charge on any atom is -0.462 e. The Hall–Kier alpha value is -1.47. The lowest BCUT2D eigenvalue weighted by Crippen LogP contribution is -2.29. The highest BCUT2D eigenvalue weighted by molar-refractivity contribution is 7.46. The van der Waals surface area contributed by atoms with Gasteiger partial charge in [0.05, 0.1) is 6.61 Å². The van der Waals surface area contributed by atoms with E-state index in [0.717, 1.165) is 25.7 Å². The van der Waals surface area contributed by atoms with Crippen LogP contribution in [-0.4, -0.2) is 41.0 Å². The molecule has 0 saturated heterocycles. The van der Waals surface area contributed by atoms with Crippen molar-refractivity contribution < 1.29 is 37.9 Å². The third-order valence-corrected chi connectivity index (χ3v) is 7.82. The summed E-state index contributed by atoms with van der Waals surface area (Å²) in [7, 11) is -4.76. The molecule has 0 aliphatic heterocycles. The van der Waals surface area contributed by atoms with Crippen molar-refractivity contribution in [2.24, 2.45) is 0 Å². The maximum Gasteiger partial charge on any atom is 0.469 e. The van der Waals surface area contributed by atoms with Crippen LogP contribution < -0.4 is 0 Å². The number of allylic oxidation sites excluding steroid dienone is 3. The van der Waals surface area contributed by atoms with E-state index in [1.165, 1.54) is 115 Å². The van der Waals surface area contributed by atoms with E-state index in [0.29, 0.717) is 6.42 Å². The summed E-state index contributed by atoms with van der Waals surface area (Å²) in [4.78, 5) is 42.3. The normalized spacial score (nSPS) is 12.7. The predicted molar refractivity (Wildman–Crippen MR) is 175 cm³/mol. The van der Waals surface area contributed by atoms with Crippen LogP contribution >= 0.6 is 7.82 Å². The second-order valence-electron chi connectivity index (χ2n) is 11.6. The van der Waals surface area contributed by atoms with Crippen LogP contribution in [0.25, 0.3) is 0 Å². The van der Waals surface area contributed by atoms with Crippen molar-refractivity contribution in [3.63, 3.8) is 0 Å². The summed E-state index contributed by atoms with van der Waals surface area (Å²) in [6.07, 6.45) is 32.5.